The van der Waals surface area contributed by atoms with Crippen LogP contribution in [-0.4, -0.2) is 24.0 Å². The SMILES string of the molecule is CC[Si](CC)(CC)c1ccccc1-n1c(P(C2CCCCC2)C2CCCCC2)cc2ccccc21. The van der Waals surface area contributed by atoms with Crippen LogP contribution in [0.5, 0.6) is 0 Å². The molecule has 5 rings (SSSR count). The van der Waals surface area contributed by atoms with Crippen LogP contribution in [0.1, 0.15) is 85.0 Å². The number of nitrogens with zero attached hydrogens (tertiary/aromatic N) is 1. The molecule has 1 aromatic heterocycles. The third kappa shape index (κ3) is 4.83. The van der Waals surface area contributed by atoms with Crippen molar-refractivity contribution >= 4 is 37.5 Å². The van der Waals surface area contributed by atoms with Crippen molar-refractivity contribution in [3.8, 4) is 5.69 Å². The van der Waals surface area contributed by atoms with E-state index in [0.717, 1.165) is 11.3 Å². The number of hydrogen-bond donors (Lipinski definition) is 0. The second kappa shape index (κ2) is 11.3. The Kier molecular flexibility index (Phi) is 8.20. The zero-order chi connectivity index (χ0) is 24.3. The molecule has 3 aromatic rings. The van der Waals surface area contributed by atoms with Crippen LogP contribution < -0.4 is 10.6 Å². The van der Waals surface area contributed by atoms with Gasteiger partial charge in [0.05, 0.1) is 13.6 Å². The minimum absolute atomic E-state index is 0.166. The molecule has 2 aliphatic rings. The highest BCUT2D eigenvalue weighted by Crippen LogP contribution is 2.55. The molecule has 0 amide bonds. The van der Waals surface area contributed by atoms with E-state index in [1.807, 2.05) is 0 Å². The van der Waals surface area contributed by atoms with Gasteiger partial charge in [-0.2, -0.15) is 0 Å². The molecule has 188 valence electrons. The van der Waals surface area contributed by atoms with Crippen molar-refractivity contribution in [1.29, 1.82) is 0 Å². The quantitative estimate of drug-likeness (QED) is 0.213. The van der Waals surface area contributed by atoms with E-state index in [2.05, 4.69) is 79.9 Å². The van der Waals surface area contributed by atoms with E-state index in [9.17, 15) is 0 Å². The molecular formula is C32H46NPSi. The van der Waals surface area contributed by atoms with Gasteiger partial charge in [-0.3, -0.25) is 0 Å². The van der Waals surface area contributed by atoms with Crippen LogP contribution in [0.15, 0.2) is 54.6 Å². The van der Waals surface area contributed by atoms with E-state index in [4.69, 9.17) is 0 Å². The summed E-state index contributed by atoms with van der Waals surface area (Å²) in [6.07, 6.45) is 14.5. The Hall–Kier alpha value is -1.37. The van der Waals surface area contributed by atoms with Crippen LogP contribution in [0.3, 0.4) is 0 Å². The monoisotopic (exact) mass is 503 g/mol. The number of para-hydroxylation sites is 2. The van der Waals surface area contributed by atoms with Gasteiger partial charge >= 0.3 is 0 Å². The smallest absolute Gasteiger partial charge is 0.0886 e. The zero-order valence-corrected chi connectivity index (χ0v) is 24.3. The van der Waals surface area contributed by atoms with Crippen LogP contribution in [-0.2, 0) is 0 Å². The van der Waals surface area contributed by atoms with E-state index in [1.54, 1.807) is 10.6 Å². The molecule has 0 saturated heterocycles. The zero-order valence-electron chi connectivity index (χ0n) is 22.4. The van der Waals surface area contributed by atoms with Gasteiger partial charge in [-0.05, 0) is 60.4 Å². The molecule has 2 saturated carbocycles. The molecule has 0 unspecified atom stereocenters. The van der Waals surface area contributed by atoms with E-state index in [1.165, 1.54) is 98.9 Å². The fourth-order valence-corrected chi connectivity index (χ4v) is 15.2. The molecular weight excluding hydrogens is 457 g/mol. The Morgan fingerprint density at radius 2 is 1.26 bits per heavy atom. The Bertz CT molecular complexity index is 1080. The normalized spacial score (nSPS) is 18.5. The molecule has 2 fully saturated rings. The fourth-order valence-electron chi connectivity index (χ4n) is 7.41. The number of hydrogen-bond acceptors (Lipinski definition) is 0. The minimum Gasteiger partial charge on any atom is -0.310 e. The van der Waals surface area contributed by atoms with Gasteiger partial charge in [0, 0.05) is 16.5 Å². The van der Waals surface area contributed by atoms with Crippen molar-refractivity contribution < 1.29 is 0 Å². The third-order valence-corrected chi connectivity index (χ3v) is 18.7. The summed E-state index contributed by atoms with van der Waals surface area (Å²) in [6.45, 7) is 7.38. The lowest BCUT2D eigenvalue weighted by Crippen LogP contribution is -2.48. The number of rotatable bonds is 8. The fraction of sp³-hybridized carbons (Fsp3) is 0.562. The van der Waals surface area contributed by atoms with Gasteiger partial charge < -0.3 is 4.57 Å². The molecule has 0 radical (unpaired) electrons. The molecule has 2 aromatic carbocycles. The van der Waals surface area contributed by atoms with Crippen LogP contribution in [0.4, 0.5) is 0 Å². The highest BCUT2D eigenvalue weighted by atomic mass is 31.1. The Morgan fingerprint density at radius 1 is 0.714 bits per heavy atom. The predicted molar refractivity (Wildman–Crippen MR) is 160 cm³/mol. The van der Waals surface area contributed by atoms with Crippen molar-refractivity contribution in [1.82, 2.24) is 4.57 Å². The van der Waals surface area contributed by atoms with Crippen LogP contribution in [0.2, 0.25) is 18.1 Å². The summed E-state index contributed by atoms with van der Waals surface area (Å²) in [5, 5.41) is 3.16. The van der Waals surface area contributed by atoms with Gasteiger partial charge in [0.15, 0.2) is 0 Å². The van der Waals surface area contributed by atoms with Gasteiger partial charge in [0.25, 0.3) is 0 Å². The molecule has 0 atom stereocenters. The maximum Gasteiger partial charge on any atom is 0.0886 e. The average Bonchev–Trinajstić information content (AvgIpc) is 3.30. The molecule has 35 heavy (non-hydrogen) atoms. The summed E-state index contributed by atoms with van der Waals surface area (Å²) in [7, 11) is -1.70. The van der Waals surface area contributed by atoms with E-state index in [0.29, 0.717) is 0 Å². The number of aromatic nitrogens is 1. The lowest BCUT2D eigenvalue weighted by Gasteiger charge is -2.39. The van der Waals surface area contributed by atoms with Gasteiger partial charge in [-0.25, -0.2) is 0 Å². The van der Waals surface area contributed by atoms with E-state index < -0.39 is 8.07 Å². The molecule has 1 heterocycles. The maximum absolute atomic E-state index is 2.81. The summed E-state index contributed by atoms with van der Waals surface area (Å²) >= 11 is 0. The molecule has 2 aliphatic carbocycles. The second-order valence-electron chi connectivity index (χ2n) is 11.2. The van der Waals surface area contributed by atoms with Crippen LogP contribution in [0, 0.1) is 0 Å². The number of benzene rings is 2. The lowest BCUT2D eigenvalue weighted by atomic mass is 9.99. The van der Waals surface area contributed by atoms with Crippen LogP contribution >= 0.6 is 7.92 Å². The second-order valence-corrected chi connectivity index (χ2v) is 19.2. The van der Waals surface area contributed by atoms with E-state index in [-0.39, 0.29) is 7.92 Å². The largest absolute Gasteiger partial charge is 0.310 e. The first-order chi connectivity index (χ1) is 17.2. The summed E-state index contributed by atoms with van der Waals surface area (Å²) in [4.78, 5) is 0. The average molecular weight is 504 g/mol. The highest BCUT2D eigenvalue weighted by molar-refractivity contribution is 7.66. The summed E-state index contributed by atoms with van der Waals surface area (Å²) < 4.78 is 2.81. The first-order valence-corrected chi connectivity index (χ1v) is 18.8. The van der Waals surface area contributed by atoms with Crippen molar-refractivity contribution in [2.75, 3.05) is 0 Å². The van der Waals surface area contributed by atoms with Crippen molar-refractivity contribution in [2.45, 2.75) is 114 Å². The highest BCUT2D eigenvalue weighted by Gasteiger charge is 2.37. The summed E-state index contributed by atoms with van der Waals surface area (Å²) in [5.41, 5.74) is 6.52. The molecule has 0 bridgehead atoms. The molecule has 0 aliphatic heterocycles. The molecule has 1 nitrogen and oxygen atoms in total. The number of fused-ring (bicyclic) bond motifs is 1. The molecule has 0 spiro atoms. The maximum atomic E-state index is 2.81. The minimum atomic E-state index is -1.53. The van der Waals surface area contributed by atoms with Crippen molar-refractivity contribution in [3.63, 3.8) is 0 Å². The van der Waals surface area contributed by atoms with Gasteiger partial charge in [0.2, 0.25) is 0 Å². The van der Waals surface area contributed by atoms with Gasteiger partial charge in [-0.15, -0.1) is 0 Å². The molecule has 3 heteroatoms. The van der Waals surface area contributed by atoms with Gasteiger partial charge in [-0.1, -0.05) is 122 Å². The lowest BCUT2D eigenvalue weighted by molar-refractivity contribution is 0.486. The third-order valence-electron chi connectivity index (χ3n) is 9.64. The van der Waals surface area contributed by atoms with Crippen molar-refractivity contribution in [3.05, 3.63) is 54.6 Å². The van der Waals surface area contributed by atoms with Crippen LogP contribution in [0.25, 0.3) is 16.6 Å². The standard InChI is InChI=1S/C32H46NPSi/c1-4-35(5-2,6-3)31-24-16-15-23-30(31)33-29-22-14-13-17-26(29)25-32(33)34(27-18-9-7-10-19-27)28-20-11-8-12-21-28/h13-17,22-25,27-28H,4-12,18-21H2,1-3H3. The van der Waals surface area contributed by atoms with Gasteiger partial charge in [0.1, 0.15) is 0 Å². The Morgan fingerprint density at radius 3 is 1.86 bits per heavy atom. The van der Waals surface area contributed by atoms with E-state index >= 15 is 0 Å². The van der Waals surface area contributed by atoms with Crippen molar-refractivity contribution in [2.24, 2.45) is 0 Å². The first-order valence-electron chi connectivity index (χ1n) is 14.7. The Labute approximate surface area is 216 Å². The molecule has 0 N–H and O–H groups in total. The summed E-state index contributed by atoms with van der Waals surface area (Å²) in [5.74, 6) is 0. The Balaban J connectivity index is 1.74. The first kappa shape index (κ1) is 25.3. The predicted octanol–water partition coefficient (Wildman–Crippen LogP) is 9.12. The summed E-state index contributed by atoms with van der Waals surface area (Å²) in [6, 6.07) is 25.6. The topological polar surface area (TPSA) is 4.93 Å².